The number of unbranched alkanes of at least 4 members (excludes halogenated alkanes) is 1. The number of amides is 1. The monoisotopic (exact) mass is 441 g/mol. The summed E-state index contributed by atoms with van der Waals surface area (Å²) in [5, 5.41) is 12.0. The molecule has 7 nitrogen and oxygen atoms in total. The Morgan fingerprint density at radius 3 is 2.45 bits per heavy atom. The van der Waals surface area contributed by atoms with E-state index in [0.717, 1.165) is 35.2 Å². The van der Waals surface area contributed by atoms with E-state index in [0.29, 0.717) is 18.9 Å². The van der Waals surface area contributed by atoms with Gasteiger partial charge in [0.15, 0.2) is 0 Å². The lowest BCUT2D eigenvalue weighted by Crippen LogP contribution is -2.26. The maximum absolute atomic E-state index is 13.0. The molecule has 2 aromatic heterocycles. The first-order valence-corrected chi connectivity index (χ1v) is 11.1. The molecule has 1 amide bonds. The van der Waals surface area contributed by atoms with Crippen molar-refractivity contribution in [2.75, 3.05) is 5.32 Å². The number of aromatic nitrogens is 4. The molecule has 2 aromatic carbocycles. The van der Waals surface area contributed by atoms with Crippen molar-refractivity contribution in [1.82, 2.24) is 19.6 Å². The molecule has 33 heavy (non-hydrogen) atoms. The predicted molar refractivity (Wildman–Crippen MR) is 129 cm³/mol. The molecule has 1 N–H and O–H groups in total. The third-order valence-corrected chi connectivity index (χ3v) is 5.44. The highest BCUT2D eigenvalue weighted by Gasteiger charge is 2.16. The van der Waals surface area contributed by atoms with Gasteiger partial charge < -0.3 is 5.32 Å². The van der Waals surface area contributed by atoms with Crippen molar-refractivity contribution in [3.8, 4) is 11.3 Å². The smallest absolute Gasteiger partial charge is 0.277 e. The number of hydrogen-bond donors (Lipinski definition) is 1. The van der Waals surface area contributed by atoms with Gasteiger partial charge in [0.05, 0.1) is 12.2 Å². The second kappa shape index (κ2) is 10.1. The Kier molecular flexibility index (Phi) is 6.78. The number of rotatable bonds is 8. The van der Waals surface area contributed by atoms with Crippen LogP contribution in [0.25, 0.3) is 11.3 Å². The van der Waals surface area contributed by atoms with Gasteiger partial charge in [0, 0.05) is 24.2 Å². The van der Waals surface area contributed by atoms with Crippen LogP contribution in [0.2, 0.25) is 0 Å². The van der Waals surface area contributed by atoms with E-state index in [1.54, 1.807) is 4.68 Å². The van der Waals surface area contributed by atoms with Crippen molar-refractivity contribution >= 4 is 11.7 Å². The fourth-order valence-electron chi connectivity index (χ4n) is 3.60. The number of carbonyl (C=O) groups is 1. The molecule has 0 fully saturated rings. The lowest BCUT2D eigenvalue weighted by molar-refractivity contribution is 0.101. The number of aryl methyl sites for hydroxylation is 2. The van der Waals surface area contributed by atoms with Gasteiger partial charge >= 0.3 is 0 Å². The van der Waals surface area contributed by atoms with E-state index in [-0.39, 0.29) is 17.2 Å². The van der Waals surface area contributed by atoms with Crippen LogP contribution in [0, 0.1) is 6.92 Å². The van der Waals surface area contributed by atoms with E-state index in [9.17, 15) is 9.59 Å². The zero-order valence-electron chi connectivity index (χ0n) is 18.9. The molecule has 0 aliphatic carbocycles. The highest BCUT2D eigenvalue weighted by molar-refractivity contribution is 6.02. The third-order valence-electron chi connectivity index (χ3n) is 5.44. The quantitative estimate of drug-likeness (QED) is 0.436. The van der Waals surface area contributed by atoms with Gasteiger partial charge in [-0.25, -0.2) is 9.36 Å². The summed E-state index contributed by atoms with van der Waals surface area (Å²) in [6.07, 6.45) is 1.76. The van der Waals surface area contributed by atoms with Crippen LogP contribution in [-0.4, -0.2) is 25.5 Å². The molecule has 0 saturated carbocycles. The molecule has 168 valence electrons. The van der Waals surface area contributed by atoms with Gasteiger partial charge in [-0.15, -0.1) is 0 Å². The Morgan fingerprint density at radius 2 is 1.70 bits per heavy atom. The van der Waals surface area contributed by atoms with E-state index >= 15 is 0 Å². The standard InChI is InChI=1S/C26H27N5O2/c1-3-4-16-30-25(32)15-14-22(28-30)26(33)27-24-17-23(21-13-9-8-10-19(21)2)29-31(24)18-20-11-6-5-7-12-20/h5-15,17H,3-4,16,18H2,1-2H3,(H,27,33). The Balaban J connectivity index is 1.66. The first kappa shape index (κ1) is 22.2. The number of carbonyl (C=O) groups excluding carboxylic acids is 1. The summed E-state index contributed by atoms with van der Waals surface area (Å²) >= 11 is 0. The lowest BCUT2D eigenvalue weighted by atomic mass is 10.1. The van der Waals surface area contributed by atoms with E-state index in [2.05, 4.69) is 10.4 Å². The van der Waals surface area contributed by atoms with Crippen LogP contribution >= 0.6 is 0 Å². The van der Waals surface area contributed by atoms with Crippen molar-refractivity contribution in [3.05, 3.63) is 100.0 Å². The SMILES string of the molecule is CCCCn1nc(C(=O)Nc2cc(-c3ccccc3C)nn2Cc2ccccc2)ccc1=O. The van der Waals surface area contributed by atoms with Crippen LogP contribution in [-0.2, 0) is 13.1 Å². The van der Waals surface area contributed by atoms with Gasteiger partial charge in [-0.3, -0.25) is 9.59 Å². The summed E-state index contributed by atoms with van der Waals surface area (Å²) in [7, 11) is 0. The zero-order valence-corrected chi connectivity index (χ0v) is 18.9. The minimum atomic E-state index is -0.384. The number of hydrogen-bond acceptors (Lipinski definition) is 4. The number of benzene rings is 2. The van der Waals surface area contributed by atoms with Gasteiger partial charge in [-0.1, -0.05) is 67.9 Å². The first-order chi connectivity index (χ1) is 16.0. The van der Waals surface area contributed by atoms with Crippen LogP contribution in [0.1, 0.15) is 41.4 Å². The van der Waals surface area contributed by atoms with Crippen molar-refractivity contribution in [3.63, 3.8) is 0 Å². The molecular formula is C26H27N5O2. The van der Waals surface area contributed by atoms with E-state index in [4.69, 9.17) is 5.10 Å². The third kappa shape index (κ3) is 5.26. The number of anilines is 1. The summed E-state index contributed by atoms with van der Waals surface area (Å²) < 4.78 is 3.13. The van der Waals surface area contributed by atoms with Crippen LogP contribution in [0.4, 0.5) is 5.82 Å². The van der Waals surface area contributed by atoms with Crippen molar-refractivity contribution in [2.45, 2.75) is 39.8 Å². The minimum absolute atomic E-state index is 0.190. The van der Waals surface area contributed by atoms with Gasteiger partial charge in [0.1, 0.15) is 11.5 Å². The second-order valence-corrected chi connectivity index (χ2v) is 7.96. The van der Waals surface area contributed by atoms with Crippen molar-refractivity contribution < 1.29 is 4.79 Å². The normalized spacial score (nSPS) is 10.8. The zero-order chi connectivity index (χ0) is 23.2. The van der Waals surface area contributed by atoms with Crippen LogP contribution < -0.4 is 10.9 Å². The maximum Gasteiger partial charge on any atom is 0.277 e. The summed E-state index contributed by atoms with van der Waals surface area (Å²) in [6.45, 7) is 5.07. The number of nitrogens with one attached hydrogen (secondary N) is 1. The van der Waals surface area contributed by atoms with E-state index in [1.807, 2.05) is 74.5 Å². The molecule has 4 aromatic rings. The Hall–Kier alpha value is -4.00. The van der Waals surface area contributed by atoms with Gasteiger partial charge in [-0.2, -0.15) is 10.2 Å². The average molecular weight is 442 g/mol. The molecule has 2 heterocycles. The highest BCUT2D eigenvalue weighted by atomic mass is 16.2. The predicted octanol–water partition coefficient (Wildman–Crippen LogP) is 4.52. The molecule has 0 aliphatic heterocycles. The molecule has 7 heteroatoms. The Labute approximate surface area is 192 Å². The van der Waals surface area contributed by atoms with Gasteiger partial charge in [0.2, 0.25) is 0 Å². The molecule has 0 atom stereocenters. The van der Waals surface area contributed by atoms with Crippen molar-refractivity contribution in [1.29, 1.82) is 0 Å². The van der Waals surface area contributed by atoms with Gasteiger partial charge in [0.25, 0.3) is 11.5 Å². The second-order valence-electron chi connectivity index (χ2n) is 7.96. The molecule has 0 spiro atoms. The van der Waals surface area contributed by atoms with E-state index in [1.165, 1.54) is 16.8 Å². The topological polar surface area (TPSA) is 81.8 Å². The summed E-state index contributed by atoms with van der Waals surface area (Å²) in [5.41, 5.74) is 3.93. The lowest BCUT2D eigenvalue weighted by Gasteiger charge is -2.10. The molecule has 0 aliphatic rings. The van der Waals surface area contributed by atoms with Gasteiger partial charge in [-0.05, 0) is 30.5 Å². The molecule has 0 saturated heterocycles. The van der Waals surface area contributed by atoms with Crippen LogP contribution in [0.3, 0.4) is 0 Å². The summed E-state index contributed by atoms with van der Waals surface area (Å²) in [4.78, 5) is 25.1. The first-order valence-electron chi connectivity index (χ1n) is 11.1. The summed E-state index contributed by atoms with van der Waals surface area (Å²) in [6, 6.07) is 22.7. The van der Waals surface area contributed by atoms with Crippen LogP contribution in [0.15, 0.2) is 77.6 Å². The Bertz CT molecular complexity index is 1310. The number of nitrogens with zero attached hydrogens (tertiary/aromatic N) is 4. The maximum atomic E-state index is 13.0. The molecule has 0 radical (unpaired) electrons. The molecule has 0 bridgehead atoms. The molecule has 0 unspecified atom stereocenters. The largest absolute Gasteiger partial charge is 0.305 e. The summed E-state index contributed by atoms with van der Waals surface area (Å²) in [5.74, 6) is 0.181. The molecular weight excluding hydrogens is 414 g/mol. The average Bonchev–Trinajstić information content (AvgIpc) is 3.21. The Morgan fingerprint density at radius 1 is 0.939 bits per heavy atom. The minimum Gasteiger partial charge on any atom is -0.305 e. The fourth-order valence-corrected chi connectivity index (χ4v) is 3.60. The highest BCUT2D eigenvalue weighted by Crippen LogP contribution is 2.26. The molecule has 4 rings (SSSR count). The van der Waals surface area contributed by atoms with Crippen molar-refractivity contribution in [2.24, 2.45) is 0 Å². The van der Waals surface area contributed by atoms with Crippen LogP contribution in [0.5, 0.6) is 0 Å². The fraction of sp³-hybridized carbons (Fsp3) is 0.231. The van der Waals surface area contributed by atoms with E-state index < -0.39 is 0 Å².